The monoisotopic (exact) mass is 388 g/mol. The summed E-state index contributed by atoms with van der Waals surface area (Å²) in [4.78, 5) is 6.36. The molecule has 3 aliphatic rings. The van der Waals surface area contributed by atoms with Crippen LogP contribution in [0.3, 0.4) is 0 Å². The number of fused-ring (bicyclic) bond motifs is 1. The smallest absolute Gasteiger partial charge is 0.358 e. The largest absolute Gasteiger partial charge is 0.408 e. The van der Waals surface area contributed by atoms with Crippen molar-refractivity contribution in [3.8, 4) is 0 Å². The molecule has 4 nitrogen and oxygen atoms in total. The van der Waals surface area contributed by atoms with Crippen molar-refractivity contribution in [2.45, 2.75) is 42.8 Å². The standard InChI is InChI=1S/C17H20F4N4S/c18-11-6-12(15-13(7-11)26-24-16(23-15)10-1-2-10)25-4-3-9(8-22)5-14(25)17(19,20)21/h6-7,9-10,14H,1-5,8,22H2,(H,23,24). The third kappa shape index (κ3) is 3.38. The summed E-state index contributed by atoms with van der Waals surface area (Å²) in [5.41, 5.74) is 6.28. The fraction of sp³-hybridized carbons (Fsp3) is 0.588. The zero-order valence-corrected chi connectivity index (χ0v) is 14.8. The van der Waals surface area contributed by atoms with Gasteiger partial charge in [0.15, 0.2) is 0 Å². The molecule has 1 aromatic carbocycles. The van der Waals surface area contributed by atoms with Crippen molar-refractivity contribution in [2.75, 3.05) is 18.0 Å². The highest BCUT2D eigenvalue weighted by Crippen LogP contribution is 2.47. The Morgan fingerprint density at radius 1 is 1.27 bits per heavy atom. The fourth-order valence-electron chi connectivity index (χ4n) is 3.60. The number of halogens is 4. The van der Waals surface area contributed by atoms with Crippen LogP contribution in [0.5, 0.6) is 0 Å². The second-order valence-electron chi connectivity index (χ2n) is 7.12. The van der Waals surface area contributed by atoms with Crippen LogP contribution in [0.4, 0.5) is 28.9 Å². The lowest BCUT2D eigenvalue weighted by Crippen LogP contribution is -2.52. The van der Waals surface area contributed by atoms with Crippen molar-refractivity contribution in [3.63, 3.8) is 0 Å². The molecule has 0 aromatic heterocycles. The number of nitrogens with two attached hydrogens (primary N) is 1. The highest BCUT2D eigenvalue weighted by molar-refractivity contribution is 7.98. The van der Waals surface area contributed by atoms with Crippen molar-refractivity contribution >= 4 is 29.2 Å². The first-order valence-electron chi connectivity index (χ1n) is 8.75. The summed E-state index contributed by atoms with van der Waals surface area (Å²) in [5.74, 6) is 0.370. The van der Waals surface area contributed by atoms with Crippen LogP contribution < -0.4 is 15.4 Å². The lowest BCUT2D eigenvalue weighted by Gasteiger charge is -2.42. The third-order valence-corrected chi connectivity index (χ3v) is 6.06. The van der Waals surface area contributed by atoms with E-state index in [1.165, 1.54) is 29.0 Å². The predicted molar refractivity (Wildman–Crippen MR) is 94.2 cm³/mol. The van der Waals surface area contributed by atoms with Gasteiger partial charge in [-0.25, -0.2) is 9.38 Å². The molecular weight excluding hydrogens is 368 g/mol. The van der Waals surface area contributed by atoms with Crippen molar-refractivity contribution in [3.05, 3.63) is 17.9 Å². The number of nitrogens with one attached hydrogen (secondary N) is 1. The Morgan fingerprint density at radius 2 is 2.04 bits per heavy atom. The van der Waals surface area contributed by atoms with Crippen LogP contribution in [0.2, 0.25) is 0 Å². The minimum Gasteiger partial charge on any atom is -0.358 e. The minimum atomic E-state index is -4.41. The van der Waals surface area contributed by atoms with Gasteiger partial charge in [0, 0.05) is 12.5 Å². The van der Waals surface area contributed by atoms with Crippen LogP contribution in [0.15, 0.2) is 22.0 Å². The number of amidine groups is 1. The summed E-state index contributed by atoms with van der Waals surface area (Å²) >= 11 is 1.22. The van der Waals surface area contributed by atoms with Crippen LogP contribution in [0.1, 0.15) is 25.7 Å². The van der Waals surface area contributed by atoms with Gasteiger partial charge in [-0.3, -0.25) is 0 Å². The number of nitrogens with zero attached hydrogens (tertiary/aromatic N) is 2. The van der Waals surface area contributed by atoms with Crippen molar-refractivity contribution in [1.82, 2.24) is 4.72 Å². The van der Waals surface area contributed by atoms with Gasteiger partial charge in [-0.05, 0) is 62.2 Å². The van der Waals surface area contributed by atoms with E-state index in [1.807, 2.05) is 0 Å². The Labute approximate surface area is 153 Å². The van der Waals surface area contributed by atoms with Gasteiger partial charge in [-0.1, -0.05) is 0 Å². The molecule has 3 N–H and O–H groups in total. The Morgan fingerprint density at radius 3 is 2.69 bits per heavy atom. The molecule has 2 fully saturated rings. The SMILES string of the molecule is NCC1CCN(c2cc(F)cc3c2N=C(C2CC2)NS3)C(C(F)(F)F)C1. The van der Waals surface area contributed by atoms with Gasteiger partial charge in [0.05, 0.1) is 10.6 Å². The summed E-state index contributed by atoms with van der Waals surface area (Å²) in [6, 6.07) is 0.828. The molecule has 4 rings (SSSR count). The quantitative estimate of drug-likeness (QED) is 0.608. The first-order valence-corrected chi connectivity index (χ1v) is 9.57. The maximum absolute atomic E-state index is 14.1. The molecule has 0 radical (unpaired) electrons. The summed E-state index contributed by atoms with van der Waals surface area (Å²) in [6.45, 7) is 0.416. The summed E-state index contributed by atoms with van der Waals surface area (Å²) in [6.07, 6.45) is -1.89. The highest BCUT2D eigenvalue weighted by Gasteiger charge is 2.47. The zero-order valence-electron chi connectivity index (χ0n) is 14.0. The molecule has 9 heteroatoms. The van der Waals surface area contributed by atoms with Gasteiger partial charge in [0.1, 0.15) is 23.4 Å². The van der Waals surface area contributed by atoms with E-state index in [2.05, 4.69) is 9.71 Å². The number of hydrogen-bond acceptors (Lipinski definition) is 5. The van der Waals surface area contributed by atoms with E-state index in [0.29, 0.717) is 22.9 Å². The van der Waals surface area contributed by atoms with Crippen molar-refractivity contribution in [1.29, 1.82) is 0 Å². The second kappa shape index (κ2) is 6.60. The average Bonchev–Trinajstić information content (AvgIpc) is 3.44. The lowest BCUT2D eigenvalue weighted by molar-refractivity contribution is -0.155. The highest BCUT2D eigenvalue weighted by atomic mass is 32.2. The maximum Gasteiger partial charge on any atom is 0.408 e. The Bertz CT molecular complexity index is 732. The third-order valence-electron chi connectivity index (χ3n) is 5.21. The lowest BCUT2D eigenvalue weighted by atomic mass is 9.90. The van der Waals surface area contributed by atoms with E-state index in [-0.39, 0.29) is 31.1 Å². The first-order chi connectivity index (χ1) is 12.4. The number of anilines is 1. The normalized spacial score (nSPS) is 26.2. The molecule has 0 spiro atoms. The van der Waals surface area contributed by atoms with Crippen molar-refractivity contribution in [2.24, 2.45) is 22.6 Å². The molecule has 26 heavy (non-hydrogen) atoms. The molecule has 0 amide bonds. The molecule has 2 aliphatic heterocycles. The zero-order chi connectivity index (χ0) is 18.5. The number of benzene rings is 1. The molecule has 1 saturated carbocycles. The molecule has 1 aromatic rings. The minimum absolute atomic E-state index is 0.0735. The summed E-state index contributed by atoms with van der Waals surface area (Å²) < 4.78 is 58.3. The Hall–Kier alpha value is -1.48. The maximum atomic E-state index is 14.1. The van der Waals surface area contributed by atoms with E-state index >= 15 is 0 Å². The number of rotatable bonds is 3. The molecule has 1 saturated heterocycles. The van der Waals surface area contributed by atoms with Gasteiger partial charge < -0.3 is 15.4 Å². The average molecular weight is 388 g/mol. The van der Waals surface area contributed by atoms with E-state index in [9.17, 15) is 17.6 Å². The van der Waals surface area contributed by atoms with Crippen LogP contribution in [0, 0.1) is 17.7 Å². The molecule has 2 unspecified atom stereocenters. The van der Waals surface area contributed by atoms with E-state index in [0.717, 1.165) is 18.7 Å². The molecule has 142 valence electrons. The van der Waals surface area contributed by atoms with Gasteiger partial charge in [-0.2, -0.15) is 13.2 Å². The Balaban J connectivity index is 1.76. The van der Waals surface area contributed by atoms with Gasteiger partial charge in [-0.15, -0.1) is 0 Å². The summed E-state index contributed by atoms with van der Waals surface area (Å²) in [5, 5.41) is 0. The fourth-order valence-corrected chi connectivity index (χ4v) is 4.45. The Kier molecular flexibility index (Phi) is 4.54. The number of alkyl halides is 3. The van der Waals surface area contributed by atoms with Gasteiger partial charge in [0.2, 0.25) is 0 Å². The van der Waals surface area contributed by atoms with Crippen LogP contribution in [-0.2, 0) is 0 Å². The van der Waals surface area contributed by atoms with Gasteiger partial charge in [0.25, 0.3) is 0 Å². The van der Waals surface area contributed by atoms with E-state index < -0.39 is 18.0 Å². The van der Waals surface area contributed by atoms with E-state index in [1.54, 1.807) is 0 Å². The van der Waals surface area contributed by atoms with Crippen molar-refractivity contribution < 1.29 is 17.6 Å². The molecular formula is C17H20F4N4S. The summed E-state index contributed by atoms with van der Waals surface area (Å²) in [7, 11) is 0. The van der Waals surface area contributed by atoms with Gasteiger partial charge >= 0.3 is 6.18 Å². The molecule has 1 aliphatic carbocycles. The number of piperidine rings is 1. The predicted octanol–water partition coefficient (Wildman–Crippen LogP) is 3.98. The van der Waals surface area contributed by atoms with Crippen LogP contribution in [0.25, 0.3) is 0 Å². The number of aliphatic imine (C=N–C) groups is 1. The first kappa shape index (κ1) is 17.9. The second-order valence-corrected chi connectivity index (χ2v) is 7.97. The topological polar surface area (TPSA) is 53.6 Å². The van der Waals surface area contributed by atoms with E-state index in [4.69, 9.17) is 5.73 Å². The molecule has 2 heterocycles. The van der Waals surface area contributed by atoms with Crippen LogP contribution >= 0.6 is 11.9 Å². The number of hydrogen-bond donors (Lipinski definition) is 2. The molecule has 0 bridgehead atoms. The molecule has 2 atom stereocenters. The van der Waals surface area contributed by atoms with Crippen LogP contribution in [-0.4, -0.2) is 31.1 Å².